The number of nitrogens with one attached hydrogen (secondary N) is 1. The molecule has 0 aliphatic carbocycles. The van der Waals surface area contributed by atoms with Crippen LogP contribution in [0.2, 0.25) is 5.02 Å². The topological polar surface area (TPSA) is 81.9 Å². The van der Waals surface area contributed by atoms with Crippen LogP contribution >= 0.6 is 11.6 Å². The van der Waals surface area contributed by atoms with Crippen molar-refractivity contribution in [3.63, 3.8) is 0 Å². The molecule has 0 saturated carbocycles. The summed E-state index contributed by atoms with van der Waals surface area (Å²) in [7, 11) is 1.75. The molecule has 0 bridgehead atoms. The number of hydrogen-bond donors (Lipinski definition) is 1. The van der Waals surface area contributed by atoms with E-state index in [4.69, 9.17) is 16.3 Å². The average molecular weight is 344 g/mol. The maximum absolute atomic E-state index is 12.0. The normalized spacial score (nSPS) is 10.4. The van der Waals surface area contributed by atoms with Crippen LogP contribution in [0.3, 0.4) is 0 Å². The SMILES string of the molecule is Cn1nnnc1-c1cccc(NC(=O)COc2ccccc2Cl)c1. The molecule has 0 atom stereocenters. The van der Waals surface area contributed by atoms with Gasteiger partial charge in [0.05, 0.1) is 5.02 Å². The molecule has 0 saturated heterocycles. The molecule has 0 unspecified atom stereocenters. The Labute approximate surface area is 143 Å². The van der Waals surface area contributed by atoms with Gasteiger partial charge in [0.15, 0.2) is 12.4 Å². The van der Waals surface area contributed by atoms with Gasteiger partial charge in [-0.05, 0) is 34.7 Å². The first kappa shape index (κ1) is 15.9. The number of ether oxygens (including phenoxy) is 1. The Morgan fingerprint density at radius 2 is 2.08 bits per heavy atom. The summed E-state index contributed by atoms with van der Waals surface area (Å²) in [6.07, 6.45) is 0. The van der Waals surface area contributed by atoms with Crippen molar-refractivity contribution in [3.8, 4) is 17.1 Å². The van der Waals surface area contributed by atoms with Crippen molar-refractivity contribution >= 4 is 23.2 Å². The molecule has 2 aromatic carbocycles. The second-order valence-corrected chi connectivity index (χ2v) is 5.38. The van der Waals surface area contributed by atoms with Crippen molar-refractivity contribution in [2.24, 2.45) is 7.05 Å². The number of benzene rings is 2. The third kappa shape index (κ3) is 3.69. The van der Waals surface area contributed by atoms with Crippen LogP contribution in [0, 0.1) is 0 Å². The van der Waals surface area contributed by atoms with E-state index < -0.39 is 0 Å². The summed E-state index contributed by atoms with van der Waals surface area (Å²) in [4.78, 5) is 12.0. The fraction of sp³-hybridized carbons (Fsp3) is 0.125. The number of hydrogen-bond acceptors (Lipinski definition) is 5. The zero-order valence-electron chi connectivity index (χ0n) is 12.8. The van der Waals surface area contributed by atoms with E-state index in [2.05, 4.69) is 20.8 Å². The molecule has 7 nitrogen and oxygen atoms in total. The summed E-state index contributed by atoms with van der Waals surface area (Å²) in [5.74, 6) is 0.787. The van der Waals surface area contributed by atoms with Gasteiger partial charge in [0.25, 0.3) is 5.91 Å². The lowest BCUT2D eigenvalue weighted by molar-refractivity contribution is -0.118. The van der Waals surface area contributed by atoms with E-state index in [1.807, 2.05) is 12.1 Å². The van der Waals surface area contributed by atoms with Gasteiger partial charge in [0.1, 0.15) is 5.75 Å². The molecule has 3 rings (SSSR count). The Bertz CT molecular complexity index is 865. The van der Waals surface area contributed by atoms with Crippen molar-refractivity contribution in [2.75, 3.05) is 11.9 Å². The predicted octanol–water partition coefficient (Wildman–Crippen LogP) is 2.55. The first-order valence-electron chi connectivity index (χ1n) is 7.13. The first-order chi connectivity index (χ1) is 11.6. The highest BCUT2D eigenvalue weighted by molar-refractivity contribution is 6.32. The zero-order chi connectivity index (χ0) is 16.9. The fourth-order valence-corrected chi connectivity index (χ4v) is 2.30. The minimum atomic E-state index is -0.289. The minimum Gasteiger partial charge on any atom is -0.482 e. The summed E-state index contributed by atoms with van der Waals surface area (Å²) in [6.45, 7) is -0.139. The first-order valence-corrected chi connectivity index (χ1v) is 7.51. The fourth-order valence-electron chi connectivity index (χ4n) is 2.11. The number of nitrogens with zero attached hydrogens (tertiary/aromatic N) is 4. The van der Waals surface area contributed by atoms with Crippen LogP contribution in [-0.4, -0.2) is 32.7 Å². The lowest BCUT2D eigenvalue weighted by Crippen LogP contribution is -2.20. The Morgan fingerprint density at radius 1 is 1.25 bits per heavy atom. The van der Waals surface area contributed by atoms with E-state index in [9.17, 15) is 4.79 Å². The highest BCUT2D eigenvalue weighted by Gasteiger charge is 2.09. The smallest absolute Gasteiger partial charge is 0.262 e. The average Bonchev–Trinajstić information content (AvgIpc) is 3.00. The van der Waals surface area contributed by atoms with Gasteiger partial charge in [-0.3, -0.25) is 4.79 Å². The molecule has 0 spiro atoms. The molecule has 122 valence electrons. The van der Waals surface area contributed by atoms with Gasteiger partial charge >= 0.3 is 0 Å². The summed E-state index contributed by atoms with van der Waals surface area (Å²) in [5.41, 5.74) is 1.43. The molecule has 1 heterocycles. The molecular formula is C16H14ClN5O2. The molecule has 0 radical (unpaired) electrons. The molecule has 3 aromatic rings. The molecular weight excluding hydrogens is 330 g/mol. The van der Waals surface area contributed by atoms with Crippen molar-refractivity contribution in [2.45, 2.75) is 0 Å². The van der Waals surface area contributed by atoms with E-state index in [0.29, 0.717) is 22.3 Å². The van der Waals surface area contributed by atoms with Gasteiger partial charge in [-0.25, -0.2) is 4.68 Å². The number of amides is 1. The zero-order valence-corrected chi connectivity index (χ0v) is 13.6. The van der Waals surface area contributed by atoms with Gasteiger partial charge in [-0.1, -0.05) is 35.9 Å². The van der Waals surface area contributed by atoms with E-state index >= 15 is 0 Å². The highest BCUT2D eigenvalue weighted by Crippen LogP contribution is 2.23. The van der Waals surface area contributed by atoms with Gasteiger partial charge < -0.3 is 10.1 Å². The summed E-state index contributed by atoms with van der Waals surface area (Å²) < 4.78 is 6.97. The predicted molar refractivity (Wildman–Crippen MR) is 89.8 cm³/mol. The molecule has 24 heavy (non-hydrogen) atoms. The van der Waals surface area contributed by atoms with Gasteiger partial charge in [-0.15, -0.1) is 5.10 Å². The van der Waals surface area contributed by atoms with Crippen LogP contribution in [-0.2, 0) is 11.8 Å². The molecule has 1 amide bonds. The van der Waals surface area contributed by atoms with Crippen LogP contribution < -0.4 is 10.1 Å². The van der Waals surface area contributed by atoms with Crippen LogP contribution in [0.15, 0.2) is 48.5 Å². The maximum atomic E-state index is 12.0. The second kappa shape index (κ2) is 7.10. The summed E-state index contributed by atoms with van der Waals surface area (Å²) >= 11 is 5.98. The van der Waals surface area contributed by atoms with Gasteiger partial charge in [0, 0.05) is 18.3 Å². The number of tetrazole rings is 1. The van der Waals surface area contributed by atoms with Gasteiger partial charge in [-0.2, -0.15) is 0 Å². The Morgan fingerprint density at radius 3 is 2.83 bits per heavy atom. The van der Waals surface area contributed by atoms with Gasteiger partial charge in [0.2, 0.25) is 0 Å². The number of halogens is 1. The Kier molecular flexibility index (Phi) is 4.72. The van der Waals surface area contributed by atoms with Crippen molar-refractivity contribution < 1.29 is 9.53 Å². The molecule has 1 aromatic heterocycles. The largest absolute Gasteiger partial charge is 0.482 e. The third-order valence-corrected chi connectivity index (χ3v) is 3.53. The van der Waals surface area contributed by atoms with Crippen molar-refractivity contribution in [1.82, 2.24) is 20.2 Å². The van der Waals surface area contributed by atoms with E-state index in [1.165, 1.54) is 0 Å². The lowest BCUT2D eigenvalue weighted by atomic mass is 10.2. The number of para-hydroxylation sites is 1. The number of carbonyl (C=O) groups is 1. The quantitative estimate of drug-likeness (QED) is 0.769. The number of anilines is 1. The van der Waals surface area contributed by atoms with Crippen LogP contribution in [0.1, 0.15) is 0 Å². The lowest BCUT2D eigenvalue weighted by Gasteiger charge is -2.09. The van der Waals surface area contributed by atoms with Crippen molar-refractivity contribution in [1.29, 1.82) is 0 Å². The van der Waals surface area contributed by atoms with E-state index in [1.54, 1.807) is 48.1 Å². The van der Waals surface area contributed by atoms with Crippen LogP contribution in [0.25, 0.3) is 11.4 Å². The van der Waals surface area contributed by atoms with Crippen molar-refractivity contribution in [3.05, 3.63) is 53.6 Å². The number of rotatable bonds is 5. The Balaban J connectivity index is 1.65. The summed E-state index contributed by atoms with van der Waals surface area (Å²) in [5, 5.41) is 14.6. The number of carbonyl (C=O) groups excluding carboxylic acids is 1. The summed E-state index contributed by atoms with van der Waals surface area (Å²) in [6, 6.07) is 14.2. The van der Waals surface area contributed by atoms with E-state index in [0.717, 1.165) is 5.56 Å². The Hall–Kier alpha value is -2.93. The number of aromatic nitrogens is 4. The third-order valence-electron chi connectivity index (χ3n) is 3.22. The molecule has 0 aliphatic rings. The second-order valence-electron chi connectivity index (χ2n) is 4.97. The number of aryl methyl sites for hydroxylation is 1. The molecule has 0 fully saturated rings. The van der Waals surface area contributed by atoms with Crippen LogP contribution in [0.4, 0.5) is 5.69 Å². The standard InChI is InChI=1S/C16H14ClN5O2/c1-22-16(19-20-21-22)11-5-4-6-12(9-11)18-15(23)10-24-14-8-3-2-7-13(14)17/h2-9H,10H2,1H3,(H,18,23). The maximum Gasteiger partial charge on any atom is 0.262 e. The minimum absolute atomic E-state index is 0.139. The monoisotopic (exact) mass is 343 g/mol. The molecule has 1 N–H and O–H groups in total. The van der Waals surface area contributed by atoms with Crippen LogP contribution in [0.5, 0.6) is 5.75 Å². The molecule has 0 aliphatic heterocycles. The highest BCUT2D eigenvalue weighted by atomic mass is 35.5. The van der Waals surface area contributed by atoms with E-state index in [-0.39, 0.29) is 12.5 Å². The molecule has 8 heteroatoms.